The minimum absolute atomic E-state index is 0.0197. The van der Waals surface area contributed by atoms with Gasteiger partial charge in [0.25, 0.3) is 0 Å². The molecule has 0 atom stereocenters. The second-order valence-electron chi connectivity index (χ2n) is 5.44. The lowest BCUT2D eigenvalue weighted by atomic mass is 10.1. The van der Waals surface area contributed by atoms with Crippen molar-refractivity contribution in [3.05, 3.63) is 51.3 Å². The Morgan fingerprint density at radius 1 is 1.26 bits per heavy atom. The summed E-state index contributed by atoms with van der Waals surface area (Å²) in [7, 11) is 1.21. The van der Waals surface area contributed by atoms with Crippen LogP contribution in [-0.2, 0) is 13.2 Å². The lowest BCUT2D eigenvalue weighted by molar-refractivity contribution is -0.141. The van der Waals surface area contributed by atoms with Crippen LogP contribution in [0.2, 0.25) is 10.0 Å². The van der Waals surface area contributed by atoms with Crippen molar-refractivity contribution < 1.29 is 27.2 Å². The third kappa shape index (κ3) is 3.65. The molecule has 0 bridgehead atoms. The standard InChI is InChI=1S/C16H10Cl2F3N3O3/c1-7-12(14(23-27-7)13-8(17)4-3-5-9(13)18)15(25)26-11-6-10(16(19,20)21)22-24(11)2/h3-6H,1-2H3. The predicted octanol–water partition coefficient (Wildman–Crippen LogP) is 4.93. The quantitative estimate of drug-likeness (QED) is 0.563. The number of rotatable bonds is 3. The zero-order chi connectivity index (χ0) is 19.9. The van der Waals surface area contributed by atoms with Gasteiger partial charge in [-0.25, -0.2) is 9.48 Å². The lowest BCUT2D eigenvalue weighted by Gasteiger charge is -2.07. The molecule has 0 aliphatic rings. The summed E-state index contributed by atoms with van der Waals surface area (Å²) in [6, 6.07) is 5.30. The minimum atomic E-state index is -4.67. The van der Waals surface area contributed by atoms with E-state index in [1.165, 1.54) is 14.0 Å². The topological polar surface area (TPSA) is 70.2 Å². The molecule has 2 heterocycles. The van der Waals surface area contributed by atoms with Crippen LogP contribution in [0.15, 0.2) is 28.8 Å². The highest BCUT2D eigenvalue weighted by molar-refractivity contribution is 6.39. The first-order valence-corrected chi connectivity index (χ1v) is 8.09. The smallest absolute Gasteiger partial charge is 0.404 e. The van der Waals surface area contributed by atoms with Gasteiger partial charge in [-0.2, -0.15) is 18.3 Å². The van der Waals surface area contributed by atoms with Crippen LogP contribution in [0.3, 0.4) is 0 Å². The number of alkyl halides is 3. The molecule has 0 radical (unpaired) electrons. The maximum Gasteiger partial charge on any atom is 0.435 e. The van der Waals surface area contributed by atoms with Gasteiger partial charge in [0.05, 0.1) is 10.0 Å². The van der Waals surface area contributed by atoms with E-state index >= 15 is 0 Å². The number of benzene rings is 1. The fourth-order valence-corrected chi connectivity index (χ4v) is 2.91. The summed E-state index contributed by atoms with van der Waals surface area (Å²) in [5.74, 6) is -1.30. The Balaban J connectivity index is 2.00. The van der Waals surface area contributed by atoms with E-state index in [0.717, 1.165) is 4.68 Å². The maximum atomic E-state index is 12.8. The number of hydrogen-bond donors (Lipinski definition) is 0. The minimum Gasteiger partial charge on any atom is -0.404 e. The van der Waals surface area contributed by atoms with Crippen LogP contribution in [-0.4, -0.2) is 20.9 Å². The van der Waals surface area contributed by atoms with E-state index in [2.05, 4.69) is 10.3 Å². The van der Waals surface area contributed by atoms with Gasteiger partial charge in [-0.15, -0.1) is 0 Å². The van der Waals surface area contributed by atoms with Crippen LogP contribution < -0.4 is 4.74 Å². The number of aryl methyl sites for hydroxylation is 2. The first-order valence-electron chi connectivity index (χ1n) is 7.33. The number of hydrogen-bond acceptors (Lipinski definition) is 5. The highest BCUT2D eigenvalue weighted by Crippen LogP contribution is 2.37. The molecule has 142 valence electrons. The van der Waals surface area contributed by atoms with Crippen LogP contribution in [0, 0.1) is 6.92 Å². The summed E-state index contributed by atoms with van der Waals surface area (Å²) in [5, 5.41) is 7.50. The Kier molecular flexibility index (Phi) is 4.92. The largest absolute Gasteiger partial charge is 0.435 e. The second-order valence-corrected chi connectivity index (χ2v) is 6.25. The summed E-state index contributed by atoms with van der Waals surface area (Å²) in [4.78, 5) is 12.6. The van der Waals surface area contributed by atoms with Gasteiger partial charge in [0.15, 0.2) is 5.69 Å². The Labute approximate surface area is 160 Å². The number of carbonyl (C=O) groups is 1. The highest BCUT2D eigenvalue weighted by Gasteiger charge is 2.35. The van der Waals surface area contributed by atoms with Gasteiger partial charge in [-0.1, -0.05) is 34.4 Å². The summed E-state index contributed by atoms with van der Waals surface area (Å²) in [5.41, 5.74) is -1.04. The van der Waals surface area contributed by atoms with E-state index in [1.54, 1.807) is 18.2 Å². The molecule has 0 N–H and O–H groups in total. The van der Waals surface area contributed by atoms with Gasteiger partial charge in [-0.3, -0.25) is 0 Å². The summed E-state index contributed by atoms with van der Waals surface area (Å²) in [6.07, 6.45) is -4.67. The fourth-order valence-electron chi connectivity index (χ4n) is 2.34. The van der Waals surface area contributed by atoms with Crippen molar-refractivity contribution in [3.63, 3.8) is 0 Å². The van der Waals surface area contributed by atoms with Gasteiger partial charge in [0, 0.05) is 18.7 Å². The van der Waals surface area contributed by atoms with Crippen molar-refractivity contribution in [1.29, 1.82) is 0 Å². The molecule has 0 spiro atoms. The average molecular weight is 420 g/mol. The molecule has 11 heteroatoms. The zero-order valence-electron chi connectivity index (χ0n) is 13.8. The fraction of sp³-hybridized carbons (Fsp3) is 0.188. The van der Waals surface area contributed by atoms with Crippen molar-refractivity contribution in [2.24, 2.45) is 7.05 Å². The Morgan fingerprint density at radius 2 is 1.89 bits per heavy atom. The molecular weight excluding hydrogens is 410 g/mol. The lowest BCUT2D eigenvalue weighted by Crippen LogP contribution is -2.12. The maximum absolute atomic E-state index is 12.8. The molecule has 3 aromatic rings. The van der Waals surface area contributed by atoms with Crippen LogP contribution in [0.1, 0.15) is 21.8 Å². The molecule has 0 aliphatic carbocycles. The molecule has 0 amide bonds. The first kappa shape index (κ1) is 19.2. The van der Waals surface area contributed by atoms with E-state index in [9.17, 15) is 18.0 Å². The normalized spacial score (nSPS) is 11.7. The van der Waals surface area contributed by atoms with E-state index in [-0.39, 0.29) is 32.6 Å². The Bertz CT molecular complexity index is 1010. The first-order chi connectivity index (χ1) is 12.6. The van der Waals surface area contributed by atoms with Crippen LogP contribution in [0.5, 0.6) is 5.88 Å². The number of carbonyl (C=O) groups excluding carboxylic acids is 1. The summed E-state index contributed by atoms with van der Waals surface area (Å²) in [6.45, 7) is 1.45. The SMILES string of the molecule is Cc1onc(-c2c(Cl)cccc2Cl)c1C(=O)Oc1cc(C(F)(F)F)nn1C. The third-order valence-electron chi connectivity index (χ3n) is 3.59. The summed E-state index contributed by atoms with van der Waals surface area (Å²) < 4.78 is 49.2. The molecular formula is C16H10Cl2F3N3O3. The van der Waals surface area contributed by atoms with Crippen molar-refractivity contribution in [2.45, 2.75) is 13.1 Å². The molecule has 0 saturated heterocycles. The third-order valence-corrected chi connectivity index (χ3v) is 4.22. The van der Waals surface area contributed by atoms with Gasteiger partial charge in [0.1, 0.15) is 17.0 Å². The molecule has 1 aromatic carbocycles. The highest BCUT2D eigenvalue weighted by atomic mass is 35.5. The molecule has 6 nitrogen and oxygen atoms in total. The van der Waals surface area contributed by atoms with Gasteiger partial charge < -0.3 is 9.26 Å². The Morgan fingerprint density at radius 3 is 2.44 bits per heavy atom. The van der Waals surface area contributed by atoms with E-state index in [0.29, 0.717) is 6.07 Å². The van der Waals surface area contributed by atoms with Gasteiger partial charge in [-0.05, 0) is 19.1 Å². The molecule has 0 fully saturated rings. The van der Waals surface area contributed by atoms with Gasteiger partial charge >= 0.3 is 12.1 Å². The average Bonchev–Trinajstić information content (AvgIpc) is 3.11. The number of halogens is 5. The molecule has 3 rings (SSSR count). The van der Waals surface area contributed by atoms with Crippen LogP contribution >= 0.6 is 23.2 Å². The number of nitrogens with zero attached hydrogens (tertiary/aromatic N) is 3. The molecule has 0 aliphatic heterocycles. The molecule has 27 heavy (non-hydrogen) atoms. The number of esters is 1. The number of ether oxygens (including phenoxy) is 1. The van der Waals surface area contributed by atoms with Gasteiger partial charge in [0.2, 0.25) is 5.88 Å². The van der Waals surface area contributed by atoms with E-state index < -0.39 is 23.7 Å². The van der Waals surface area contributed by atoms with Crippen molar-refractivity contribution >= 4 is 29.2 Å². The second kappa shape index (κ2) is 6.90. The van der Waals surface area contributed by atoms with Crippen molar-refractivity contribution in [2.75, 3.05) is 0 Å². The van der Waals surface area contributed by atoms with Crippen molar-refractivity contribution in [3.8, 4) is 17.1 Å². The molecule has 2 aromatic heterocycles. The van der Waals surface area contributed by atoms with Crippen LogP contribution in [0.4, 0.5) is 13.2 Å². The summed E-state index contributed by atoms with van der Waals surface area (Å²) >= 11 is 12.3. The predicted molar refractivity (Wildman–Crippen MR) is 89.9 cm³/mol. The van der Waals surface area contributed by atoms with Crippen LogP contribution in [0.25, 0.3) is 11.3 Å². The van der Waals surface area contributed by atoms with E-state index in [4.69, 9.17) is 32.5 Å². The Hall–Kier alpha value is -2.52. The molecule has 0 unspecified atom stereocenters. The molecule has 0 saturated carbocycles. The van der Waals surface area contributed by atoms with Crippen molar-refractivity contribution in [1.82, 2.24) is 14.9 Å². The van der Waals surface area contributed by atoms with E-state index in [1.807, 2.05) is 0 Å². The zero-order valence-corrected chi connectivity index (χ0v) is 15.3. The number of aromatic nitrogens is 3. The monoisotopic (exact) mass is 419 g/mol.